The van der Waals surface area contributed by atoms with Crippen LogP contribution in [0.3, 0.4) is 0 Å². The number of halogens is 1. The Morgan fingerprint density at radius 1 is 1.47 bits per heavy atom. The maximum atomic E-state index is 13.5. The van der Waals surface area contributed by atoms with Crippen LogP contribution in [0.15, 0.2) is 18.2 Å². The molecule has 0 spiro atoms. The standard InChI is InChI=1S/C13H16FNOS/c14-10-5-2-6-11(12(10)13(15)17)16-8-7-9-3-1-4-9/h2,5-6,9H,1,3-4,7-8H2,(H2,15,17). The van der Waals surface area contributed by atoms with Crippen molar-refractivity contribution >= 4 is 17.2 Å². The Kier molecular flexibility index (Phi) is 3.94. The summed E-state index contributed by atoms with van der Waals surface area (Å²) in [6.45, 7) is 0.601. The van der Waals surface area contributed by atoms with Crippen LogP contribution in [0, 0.1) is 11.7 Å². The summed E-state index contributed by atoms with van der Waals surface area (Å²) in [4.78, 5) is 0.0433. The molecule has 0 heterocycles. The highest BCUT2D eigenvalue weighted by atomic mass is 32.1. The molecule has 2 rings (SSSR count). The molecule has 2 N–H and O–H groups in total. The number of ether oxygens (including phenoxy) is 1. The van der Waals surface area contributed by atoms with E-state index in [0.29, 0.717) is 12.4 Å². The minimum Gasteiger partial charge on any atom is -0.493 e. The lowest BCUT2D eigenvalue weighted by atomic mass is 9.83. The molecule has 1 aliphatic rings. The van der Waals surface area contributed by atoms with Gasteiger partial charge in [0.1, 0.15) is 16.6 Å². The maximum Gasteiger partial charge on any atom is 0.137 e. The summed E-state index contributed by atoms with van der Waals surface area (Å²) in [6.07, 6.45) is 4.92. The topological polar surface area (TPSA) is 35.2 Å². The maximum absolute atomic E-state index is 13.5. The van der Waals surface area contributed by atoms with Crippen LogP contribution in [0.4, 0.5) is 4.39 Å². The first-order valence-corrected chi connectivity index (χ1v) is 6.30. The Bertz CT molecular complexity index is 418. The van der Waals surface area contributed by atoms with Gasteiger partial charge in [0.05, 0.1) is 12.2 Å². The van der Waals surface area contributed by atoms with Crippen molar-refractivity contribution in [3.05, 3.63) is 29.6 Å². The summed E-state index contributed by atoms with van der Waals surface area (Å²) >= 11 is 4.83. The first kappa shape index (κ1) is 12.3. The van der Waals surface area contributed by atoms with Gasteiger partial charge < -0.3 is 10.5 Å². The van der Waals surface area contributed by atoms with Gasteiger partial charge in [-0.25, -0.2) is 4.39 Å². The molecule has 4 heteroatoms. The third kappa shape index (κ3) is 2.94. The van der Waals surface area contributed by atoms with Crippen LogP contribution in [0.5, 0.6) is 5.75 Å². The van der Waals surface area contributed by atoms with Gasteiger partial charge in [-0.05, 0) is 24.5 Å². The Morgan fingerprint density at radius 3 is 2.82 bits per heavy atom. The summed E-state index contributed by atoms with van der Waals surface area (Å²) in [5.74, 6) is 0.812. The van der Waals surface area contributed by atoms with Crippen molar-refractivity contribution in [3.63, 3.8) is 0 Å². The van der Waals surface area contributed by atoms with Crippen LogP contribution in [0.2, 0.25) is 0 Å². The summed E-state index contributed by atoms with van der Waals surface area (Å²) in [5, 5.41) is 0. The van der Waals surface area contributed by atoms with Crippen molar-refractivity contribution in [3.8, 4) is 5.75 Å². The van der Waals surface area contributed by atoms with E-state index in [-0.39, 0.29) is 10.6 Å². The van der Waals surface area contributed by atoms with Crippen molar-refractivity contribution < 1.29 is 9.13 Å². The van der Waals surface area contributed by atoms with Gasteiger partial charge in [0.25, 0.3) is 0 Å². The third-order valence-electron chi connectivity index (χ3n) is 3.23. The zero-order valence-corrected chi connectivity index (χ0v) is 10.4. The van der Waals surface area contributed by atoms with Crippen LogP contribution in [0.25, 0.3) is 0 Å². The zero-order valence-electron chi connectivity index (χ0n) is 9.62. The Labute approximate surface area is 106 Å². The molecule has 2 nitrogen and oxygen atoms in total. The van der Waals surface area contributed by atoms with Gasteiger partial charge in [0, 0.05) is 0 Å². The Balaban J connectivity index is 1.98. The van der Waals surface area contributed by atoms with E-state index >= 15 is 0 Å². The fourth-order valence-corrected chi connectivity index (χ4v) is 2.18. The van der Waals surface area contributed by atoms with Gasteiger partial charge in [0.15, 0.2) is 0 Å². The van der Waals surface area contributed by atoms with Gasteiger partial charge in [0.2, 0.25) is 0 Å². The molecule has 0 radical (unpaired) electrons. The van der Waals surface area contributed by atoms with E-state index in [4.69, 9.17) is 22.7 Å². The second-order valence-corrected chi connectivity index (χ2v) is 4.85. The van der Waals surface area contributed by atoms with Crippen molar-refractivity contribution in [2.24, 2.45) is 11.7 Å². The van der Waals surface area contributed by atoms with Crippen LogP contribution in [-0.2, 0) is 0 Å². The number of nitrogens with two attached hydrogens (primary N) is 1. The predicted molar refractivity (Wildman–Crippen MR) is 69.7 cm³/mol. The Hall–Kier alpha value is -1.16. The number of benzene rings is 1. The summed E-state index contributed by atoms with van der Waals surface area (Å²) < 4.78 is 19.1. The molecule has 1 aromatic rings. The van der Waals surface area contributed by atoms with E-state index in [1.807, 2.05) is 0 Å². The van der Waals surface area contributed by atoms with Gasteiger partial charge in [-0.1, -0.05) is 37.5 Å². The van der Waals surface area contributed by atoms with Gasteiger partial charge in [-0.15, -0.1) is 0 Å². The second kappa shape index (κ2) is 5.45. The second-order valence-electron chi connectivity index (χ2n) is 4.41. The molecule has 0 unspecified atom stereocenters. The monoisotopic (exact) mass is 253 g/mol. The molecule has 0 amide bonds. The highest BCUT2D eigenvalue weighted by molar-refractivity contribution is 7.80. The van der Waals surface area contributed by atoms with Crippen LogP contribution >= 0.6 is 12.2 Å². The van der Waals surface area contributed by atoms with Crippen molar-refractivity contribution in [1.29, 1.82) is 0 Å². The minimum absolute atomic E-state index is 0.0433. The van der Waals surface area contributed by atoms with Crippen molar-refractivity contribution in [2.75, 3.05) is 6.61 Å². The quantitative estimate of drug-likeness (QED) is 0.819. The van der Waals surface area contributed by atoms with E-state index < -0.39 is 5.82 Å². The van der Waals surface area contributed by atoms with Crippen LogP contribution < -0.4 is 10.5 Å². The molecule has 1 aromatic carbocycles. The van der Waals surface area contributed by atoms with E-state index in [1.54, 1.807) is 12.1 Å². The lowest BCUT2D eigenvalue weighted by molar-refractivity contribution is 0.221. The molecule has 0 saturated heterocycles. The zero-order chi connectivity index (χ0) is 12.3. The molecular weight excluding hydrogens is 237 g/mol. The first-order chi connectivity index (χ1) is 8.18. The molecule has 0 aromatic heterocycles. The smallest absolute Gasteiger partial charge is 0.137 e. The van der Waals surface area contributed by atoms with Gasteiger partial charge in [-0.2, -0.15) is 0 Å². The number of hydrogen-bond acceptors (Lipinski definition) is 2. The molecule has 1 saturated carbocycles. The average molecular weight is 253 g/mol. The third-order valence-corrected chi connectivity index (χ3v) is 3.43. The van der Waals surface area contributed by atoms with Crippen LogP contribution in [0.1, 0.15) is 31.2 Å². The van der Waals surface area contributed by atoms with Crippen LogP contribution in [-0.4, -0.2) is 11.6 Å². The average Bonchev–Trinajstić information content (AvgIpc) is 2.21. The lowest BCUT2D eigenvalue weighted by Crippen LogP contribution is -2.17. The number of rotatable bonds is 5. The van der Waals surface area contributed by atoms with E-state index in [9.17, 15) is 4.39 Å². The molecule has 92 valence electrons. The van der Waals surface area contributed by atoms with E-state index in [0.717, 1.165) is 12.3 Å². The highest BCUT2D eigenvalue weighted by Gasteiger charge is 2.18. The SMILES string of the molecule is NC(=S)c1c(F)cccc1OCCC1CCC1. The summed E-state index contributed by atoms with van der Waals surface area (Å²) in [7, 11) is 0. The lowest BCUT2D eigenvalue weighted by Gasteiger charge is -2.25. The van der Waals surface area contributed by atoms with Crippen molar-refractivity contribution in [1.82, 2.24) is 0 Å². The fourth-order valence-electron chi connectivity index (χ4n) is 1.98. The normalized spacial score (nSPS) is 15.4. The molecular formula is C13H16FNOS. The largest absolute Gasteiger partial charge is 0.493 e. The molecule has 1 aliphatic carbocycles. The molecule has 17 heavy (non-hydrogen) atoms. The highest BCUT2D eigenvalue weighted by Crippen LogP contribution is 2.30. The fraction of sp³-hybridized carbons (Fsp3) is 0.462. The Morgan fingerprint density at radius 2 is 2.24 bits per heavy atom. The summed E-state index contributed by atoms with van der Waals surface area (Å²) in [6, 6.07) is 4.65. The molecule has 0 bridgehead atoms. The van der Waals surface area contributed by atoms with Crippen molar-refractivity contribution in [2.45, 2.75) is 25.7 Å². The molecule has 0 atom stereocenters. The molecule has 0 aliphatic heterocycles. The predicted octanol–water partition coefficient (Wildman–Crippen LogP) is 3.03. The van der Waals surface area contributed by atoms with E-state index in [1.165, 1.54) is 25.3 Å². The van der Waals surface area contributed by atoms with Gasteiger partial charge in [-0.3, -0.25) is 0 Å². The first-order valence-electron chi connectivity index (χ1n) is 5.89. The number of hydrogen-bond donors (Lipinski definition) is 1. The summed E-state index contributed by atoms with van der Waals surface area (Å²) in [5.41, 5.74) is 5.71. The minimum atomic E-state index is -0.418. The molecule has 1 fully saturated rings. The van der Waals surface area contributed by atoms with E-state index in [2.05, 4.69) is 0 Å². The van der Waals surface area contributed by atoms with Gasteiger partial charge >= 0.3 is 0 Å². The number of thiocarbonyl (C=S) groups is 1.